The lowest BCUT2D eigenvalue weighted by Crippen LogP contribution is -2.01. The van der Waals surface area contributed by atoms with E-state index in [9.17, 15) is 0 Å². The quantitative estimate of drug-likeness (QED) is 0.178. The Balaban J connectivity index is 1.14. The van der Waals surface area contributed by atoms with E-state index in [0.717, 1.165) is 34.2 Å². The molecule has 4 heterocycles. The van der Waals surface area contributed by atoms with E-state index in [1.165, 1.54) is 59.9 Å². The van der Waals surface area contributed by atoms with Gasteiger partial charge in [-0.2, -0.15) is 0 Å². The summed E-state index contributed by atoms with van der Waals surface area (Å²) < 4.78 is 7.00. The van der Waals surface area contributed by atoms with E-state index in [2.05, 4.69) is 163 Å². The smallest absolute Gasteiger partial charge is 0.168 e. The summed E-state index contributed by atoms with van der Waals surface area (Å²) in [6.45, 7) is 0. The van der Waals surface area contributed by atoms with E-state index in [4.69, 9.17) is 0 Å². The van der Waals surface area contributed by atoms with Crippen molar-refractivity contribution in [2.45, 2.75) is 0 Å². The van der Waals surface area contributed by atoms with Gasteiger partial charge in [0, 0.05) is 49.4 Å². The number of aromatic nitrogens is 5. The summed E-state index contributed by atoms with van der Waals surface area (Å²) in [7, 11) is 0. The van der Waals surface area contributed by atoms with Gasteiger partial charge in [-0.25, -0.2) is 0 Å². The maximum atomic E-state index is 4.68. The predicted octanol–water partition coefficient (Wildman–Crippen LogP) is 11.4. The first-order valence-electron chi connectivity index (χ1n) is 17.3. The normalized spacial score (nSPS) is 11.9. The van der Waals surface area contributed by atoms with Crippen LogP contribution in [-0.4, -0.2) is 23.7 Å². The van der Waals surface area contributed by atoms with Crippen molar-refractivity contribution in [2.24, 2.45) is 0 Å². The zero-order valence-corrected chi connectivity index (χ0v) is 27.5. The minimum absolute atomic E-state index is 0.808. The highest BCUT2D eigenvalue weighted by Crippen LogP contribution is 2.39. The monoisotopic (exact) mass is 651 g/mol. The second-order valence-electron chi connectivity index (χ2n) is 13.1. The number of pyridine rings is 1. The molecular weight excluding hydrogens is 623 g/mol. The first-order chi connectivity index (χ1) is 25.3. The molecule has 0 saturated heterocycles. The van der Waals surface area contributed by atoms with Crippen molar-refractivity contribution in [3.8, 4) is 34.2 Å². The lowest BCUT2D eigenvalue weighted by Gasteiger charge is -2.13. The van der Waals surface area contributed by atoms with E-state index < -0.39 is 0 Å². The Morgan fingerprint density at radius 3 is 1.41 bits per heavy atom. The molecule has 11 rings (SSSR count). The second-order valence-corrected chi connectivity index (χ2v) is 13.1. The van der Waals surface area contributed by atoms with Gasteiger partial charge in [-0.15, -0.1) is 10.2 Å². The van der Waals surface area contributed by atoms with Crippen LogP contribution in [0.15, 0.2) is 176 Å². The van der Waals surface area contributed by atoms with E-state index in [1.54, 1.807) is 0 Å². The third-order valence-corrected chi connectivity index (χ3v) is 10.3. The molecule has 0 bridgehead atoms. The van der Waals surface area contributed by atoms with E-state index >= 15 is 0 Å². The summed E-state index contributed by atoms with van der Waals surface area (Å²) in [5.41, 5.74) is 10.2. The number of nitrogens with zero attached hydrogens (tertiary/aromatic N) is 5. The number of benzene rings is 7. The van der Waals surface area contributed by atoms with Crippen LogP contribution in [0.5, 0.6) is 0 Å². The van der Waals surface area contributed by atoms with E-state index in [-0.39, 0.29) is 0 Å². The SMILES string of the molecule is c1ccc(-c2nnc(-c3ccccc3)n2-c2ccc(-n3c4ccccc4c4cc5c(cc43)cc3c4ccccc4c4ccccc4n53)cc2)cc1. The highest BCUT2D eigenvalue weighted by Gasteiger charge is 2.20. The van der Waals surface area contributed by atoms with Crippen molar-refractivity contribution in [2.75, 3.05) is 0 Å². The number of fused-ring (bicyclic) bond motifs is 11. The number of hydrogen-bond donors (Lipinski definition) is 0. The average Bonchev–Trinajstić information content (AvgIpc) is 3.90. The molecule has 11 aromatic rings. The van der Waals surface area contributed by atoms with E-state index in [1.807, 2.05) is 36.4 Å². The fourth-order valence-corrected chi connectivity index (χ4v) is 8.07. The lowest BCUT2D eigenvalue weighted by atomic mass is 10.1. The molecule has 0 aliphatic heterocycles. The van der Waals surface area contributed by atoms with Gasteiger partial charge >= 0.3 is 0 Å². The summed E-state index contributed by atoms with van der Waals surface area (Å²) in [4.78, 5) is 0. The Bertz CT molecular complexity index is 3060. The molecule has 0 fully saturated rings. The Hall–Kier alpha value is -6.98. The zero-order chi connectivity index (χ0) is 33.5. The highest BCUT2D eigenvalue weighted by molar-refractivity contribution is 6.18. The number of hydrogen-bond acceptors (Lipinski definition) is 2. The summed E-state index contributed by atoms with van der Waals surface area (Å²) in [5.74, 6) is 1.62. The maximum absolute atomic E-state index is 4.68. The van der Waals surface area contributed by atoms with Crippen molar-refractivity contribution in [3.63, 3.8) is 0 Å². The summed E-state index contributed by atoms with van der Waals surface area (Å²) in [6, 6.07) is 62.7. The molecule has 0 radical (unpaired) electrons. The van der Waals surface area contributed by atoms with Gasteiger partial charge in [-0.05, 0) is 60.0 Å². The van der Waals surface area contributed by atoms with Crippen LogP contribution in [0, 0.1) is 0 Å². The number of para-hydroxylation sites is 2. The van der Waals surface area contributed by atoms with Crippen molar-refractivity contribution >= 4 is 59.9 Å². The third kappa shape index (κ3) is 4.09. The fraction of sp³-hybridized carbons (Fsp3) is 0. The molecule has 0 aliphatic carbocycles. The van der Waals surface area contributed by atoms with E-state index in [0.29, 0.717) is 0 Å². The minimum atomic E-state index is 0.808. The first kappa shape index (κ1) is 27.9. The van der Waals surface area contributed by atoms with Crippen molar-refractivity contribution in [1.29, 1.82) is 0 Å². The molecule has 0 amide bonds. The van der Waals surface area contributed by atoms with Crippen LogP contribution >= 0.6 is 0 Å². The molecule has 5 heteroatoms. The van der Waals surface area contributed by atoms with Crippen LogP contribution in [0.25, 0.3) is 94.1 Å². The predicted molar refractivity (Wildman–Crippen MR) is 210 cm³/mol. The molecule has 238 valence electrons. The topological polar surface area (TPSA) is 40.0 Å². The van der Waals surface area contributed by atoms with Gasteiger partial charge in [0.2, 0.25) is 0 Å². The van der Waals surface area contributed by atoms with Crippen molar-refractivity contribution in [3.05, 3.63) is 176 Å². The molecule has 0 atom stereocenters. The van der Waals surface area contributed by atoms with Crippen LogP contribution in [0.1, 0.15) is 0 Å². The average molecular weight is 652 g/mol. The van der Waals surface area contributed by atoms with Gasteiger partial charge in [0.1, 0.15) is 0 Å². The molecule has 4 aromatic heterocycles. The maximum Gasteiger partial charge on any atom is 0.168 e. The Kier molecular flexibility index (Phi) is 5.89. The molecule has 0 N–H and O–H groups in total. The molecule has 0 unspecified atom stereocenters. The third-order valence-electron chi connectivity index (χ3n) is 10.3. The van der Waals surface area contributed by atoms with Crippen molar-refractivity contribution < 1.29 is 0 Å². The largest absolute Gasteiger partial charge is 0.309 e. The van der Waals surface area contributed by atoms with Gasteiger partial charge in [-0.3, -0.25) is 4.57 Å². The fourth-order valence-electron chi connectivity index (χ4n) is 8.07. The molecule has 0 spiro atoms. The van der Waals surface area contributed by atoms with Crippen LogP contribution in [0.4, 0.5) is 0 Å². The van der Waals surface area contributed by atoms with Crippen molar-refractivity contribution in [1.82, 2.24) is 23.7 Å². The summed E-state index contributed by atoms with van der Waals surface area (Å²) in [5, 5.41) is 16.9. The highest BCUT2D eigenvalue weighted by atomic mass is 15.3. The molecule has 51 heavy (non-hydrogen) atoms. The van der Waals surface area contributed by atoms with Crippen LogP contribution in [0.2, 0.25) is 0 Å². The molecular formula is C46H29N5. The zero-order valence-electron chi connectivity index (χ0n) is 27.5. The Labute approximate surface area is 292 Å². The number of rotatable bonds is 4. The van der Waals surface area contributed by atoms with Gasteiger partial charge in [-0.1, -0.05) is 121 Å². The van der Waals surface area contributed by atoms with Gasteiger partial charge in [0.05, 0.1) is 27.6 Å². The standard InChI is InChI=1S/C46H29N5/c1-3-13-30(14-4-1)45-47-48-46(31-15-5-2-6-16-31)50(45)34-25-23-33(24-26-34)49-40-21-11-10-20-38(40)39-29-42-32(28-44(39)49)27-43-37-19-8-7-17-35(37)36-18-9-12-22-41(36)51(42)43/h1-29H. The molecule has 7 aromatic carbocycles. The van der Waals surface area contributed by atoms with Crippen LogP contribution in [-0.2, 0) is 0 Å². The summed E-state index contributed by atoms with van der Waals surface area (Å²) in [6.07, 6.45) is 0. The lowest BCUT2D eigenvalue weighted by molar-refractivity contribution is 1.07. The summed E-state index contributed by atoms with van der Waals surface area (Å²) >= 11 is 0. The van der Waals surface area contributed by atoms with Crippen LogP contribution < -0.4 is 0 Å². The Morgan fingerprint density at radius 2 is 0.784 bits per heavy atom. The Morgan fingerprint density at radius 1 is 0.314 bits per heavy atom. The first-order valence-corrected chi connectivity index (χ1v) is 17.3. The second kappa shape index (κ2) is 10.8. The molecule has 5 nitrogen and oxygen atoms in total. The molecule has 0 saturated carbocycles. The van der Waals surface area contributed by atoms with Gasteiger partial charge < -0.3 is 8.97 Å². The van der Waals surface area contributed by atoms with Gasteiger partial charge in [0.25, 0.3) is 0 Å². The van der Waals surface area contributed by atoms with Gasteiger partial charge in [0.15, 0.2) is 11.6 Å². The minimum Gasteiger partial charge on any atom is -0.309 e. The van der Waals surface area contributed by atoms with Crippen LogP contribution in [0.3, 0.4) is 0 Å². The molecule has 0 aliphatic rings.